The number of nitrogens with zero attached hydrogens (tertiary/aromatic N) is 4. The predicted molar refractivity (Wildman–Crippen MR) is 204 cm³/mol. The maximum atomic E-state index is 14.2. The molecule has 0 aliphatic carbocycles. The van der Waals surface area contributed by atoms with Crippen molar-refractivity contribution in [1.82, 2.24) is 14.7 Å². The Hall–Kier alpha value is -4.31. The van der Waals surface area contributed by atoms with E-state index in [2.05, 4.69) is 15.0 Å². The zero-order chi connectivity index (χ0) is 41.7. The minimum absolute atomic E-state index is 0.0370. The fraction of sp³-hybridized carbons (Fsp3) is 0.258. The van der Waals surface area contributed by atoms with Crippen LogP contribution in [0.4, 0.5) is 15.8 Å². The van der Waals surface area contributed by atoms with Crippen LogP contribution in [0.5, 0.6) is 11.5 Å². The molecule has 0 atom stereocenters. The molecule has 1 aliphatic rings. The van der Waals surface area contributed by atoms with E-state index >= 15 is 0 Å². The van der Waals surface area contributed by atoms with E-state index in [0.717, 1.165) is 55.2 Å². The molecule has 1 aromatic heterocycles. The van der Waals surface area contributed by atoms with Crippen molar-refractivity contribution >= 4 is 94.8 Å². The minimum atomic E-state index is -4.10. The van der Waals surface area contributed by atoms with Crippen LogP contribution in [0, 0.1) is 15.9 Å². The van der Waals surface area contributed by atoms with Crippen LogP contribution >= 0.6 is 65.5 Å². The van der Waals surface area contributed by atoms with E-state index in [0.29, 0.717) is 33.6 Å². The molecule has 3 aromatic carbocycles. The van der Waals surface area contributed by atoms with Crippen LogP contribution in [0.15, 0.2) is 63.2 Å². The number of nitro groups is 1. The molecule has 1 aliphatic heterocycles. The average molecular weight is 901 g/mol. The highest BCUT2D eigenvalue weighted by molar-refractivity contribution is 8.00. The highest BCUT2D eigenvalue weighted by atomic mass is 35.5. The number of benzene rings is 3. The van der Waals surface area contributed by atoms with Crippen molar-refractivity contribution in [1.29, 1.82) is 0 Å². The molecule has 0 fully saturated rings. The molecule has 4 aromatic rings. The Morgan fingerprint density at radius 2 is 1.71 bits per heavy atom. The topological polar surface area (TPSA) is 262 Å². The molecule has 5 N–H and O–H groups in total. The summed E-state index contributed by atoms with van der Waals surface area (Å²) in [4.78, 5) is 75.7. The number of hydrogen-bond donors (Lipinski definition) is 5. The third-order valence-electron chi connectivity index (χ3n) is 6.75. The normalized spacial score (nSPS) is 12.3. The van der Waals surface area contributed by atoms with Crippen molar-refractivity contribution in [3.05, 3.63) is 99.6 Å². The van der Waals surface area contributed by atoms with Crippen molar-refractivity contribution in [2.24, 2.45) is 4.99 Å². The lowest BCUT2D eigenvalue weighted by Crippen LogP contribution is -2.31. The number of aromatic nitrogens is 2. The van der Waals surface area contributed by atoms with Crippen LogP contribution in [0.2, 0.25) is 15.1 Å². The van der Waals surface area contributed by atoms with E-state index in [-0.39, 0.29) is 43.4 Å². The average Bonchev–Trinajstić information content (AvgIpc) is 3.43. The minimum Gasteiger partial charge on any atom is -0.481 e. The summed E-state index contributed by atoms with van der Waals surface area (Å²) in [6.07, 6.45) is 1.27. The van der Waals surface area contributed by atoms with Crippen molar-refractivity contribution < 1.29 is 57.7 Å². The molecule has 0 spiro atoms. The van der Waals surface area contributed by atoms with E-state index in [1.54, 1.807) is 21.5 Å². The maximum absolute atomic E-state index is 14.2. The number of nitro benzene ring substituents is 1. The van der Waals surface area contributed by atoms with E-state index in [1.165, 1.54) is 24.3 Å². The number of carboxylic acid groups (broad SMARTS) is 2. The molecule has 302 valence electrons. The quantitative estimate of drug-likeness (QED) is 0.0360. The first-order valence-electron chi connectivity index (χ1n) is 15.5. The number of carboxylic acids is 2. The second kappa shape index (κ2) is 21.3. The summed E-state index contributed by atoms with van der Waals surface area (Å²) < 4.78 is 37.6. The molecule has 0 saturated carbocycles. The van der Waals surface area contributed by atoms with Gasteiger partial charge in [0.15, 0.2) is 0 Å². The number of halogens is 4. The molecule has 0 unspecified atom stereocenters. The third-order valence-corrected chi connectivity index (χ3v) is 10.2. The highest BCUT2D eigenvalue weighted by Crippen LogP contribution is 2.35. The summed E-state index contributed by atoms with van der Waals surface area (Å²) in [5, 5.41) is 30.6. The first kappa shape index (κ1) is 46.1. The molecule has 0 radical (unpaired) electrons. The van der Waals surface area contributed by atoms with Crippen LogP contribution in [-0.2, 0) is 32.0 Å². The van der Waals surface area contributed by atoms with E-state index in [9.17, 15) is 38.2 Å². The van der Waals surface area contributed by atoms with Gasteiger partial charge in [0.05, 0.1) is 40.7 Å². The number of ether oxygens (including phenoxy) is 2. The molecule has 0 bridgehead atoms. The molecular formula is C31H30Cl3FN5O13PS2. The Kier molecular flexibility index (Phi) is 17.5. The number of thioether (sulfide) groups is 1. The summed E-state index contributed by atoms with van der Waals surface area (Å²) >= 11 is 19.7. The maximum Gasteiger partial charge on any atom is 0.345 e. The Labute approximate surface area is 338 Å². The van der Waals surface area contributed by atoms with Crippen molar-refractivity contribution in [2.45, 2.75) is 30.8 Å². The summed E-state index contributed by atoms with van der Waals surface area (Å²) in [5.41, 5.74) is -0.550. The van der Waals surface area contributed by atoms with Gasteiger partial charge in [-0.1, -0.05) is 34.8 Å². The van der Waals surface area contributed by atoms with E-state index in [4.69, 9.17) is 59.5 Å². The Morgan fingerprint density at radius 1 is 1.04 bits per heavy atom. The molecule has 5 rings (SSSR count). The number of carbonyl (C=O) groups is 3. The number of esters is 1. The van der Waals surface area contributed by atoms with Gasteiger partial charge in [0.25, 0.3) is 5.69 Å². The molecule has 56 heavy (non-hydrogen) atoms. The fourth-order valence-corrected chi connectivity index (χ4v) is 7.10. The molecule has 25 heteroatoms. The van der Waals surface area contributed by atoms with Gasteiger partial charge in [-0.15, -0.1) is 11.8 Å². The monoisotopic (exact) mass is 899 g/mol. The van der Waals surface area contributed by atoms with Crippen molar-refractivity contribution in [3.63, 3.8) is 0 Å². The molecule has 2 heterocycles. The third kappa shape index (κ3) is 14.3. The zero-order valence-electron chi connectivity index (χ0n) is 28.6. The summed E-state index contributed by atoms with van der Waals surface area (Å²) in [5.74, 6) is -3.27. The van der Waals surface area contributed by atoms with Crippen LogP contribution in [-0.4, -0.2) is 77.9 Å². The first-order chi connectivity index (χ1) is 26.3. The second-order valence-electron chi connectivity index (χ2n) is 10.9. The van der Waals surface area contributed by atoms with Gasteiger partial charge in [0.1, 0.15) is 28.6 Å². The lowest BCUT2D eigenvalue weighted by molar-refractivity contribution is -0.385. The fourth-order valence-electron chi connectivity index (χ4n) is 4.38. The molecule has 0 amide bonds. The number of fused-ring (bicyclic) bond motifs is 1. The highest BCUT2D eigenvalue weighted by Gasteiger charge is 2.22. The lowest BCUT2D eigenvalue weighted by Gasteiger charge is -2.15. The van der Waals surface area contributed by atoms with Gasteiger partial charge < -0.3 is 29.5 Å². The summed E-state index contributed by atoms with van der Waals surface area (Å²) in [7, 11) is -2.96. The number of hydrogen-bond acceptors (Lipinski definition) is 13. The van der Waals surface area contributed by atoms with Gasteiger partial charge in [-0.2, -0.15) is 0 Å². The molecular weight excluding hydrogens is 871 g/mol. The first-order valence-corrected chi connectivity index (χ1v) is 20.2. The van der Waals surface area contributed by atoms with E-state index in [1.807, 2.05) is 0 Å². The van der Waals surface area contributed by atoms with Crippen molar-refractivity contribution in [3.8, 4) is 11.5 Å². The Bertz CT molecular complexity index is 2280. The largest absolute Gasteiger partial charge is 0.481 e. The second-order valence-corrected chi connectivity index (χ2v) is 15.7. The number of nitrogens with one attached hydrogen (secondary N) is 1. The summed E-state index contributed by atoms with van der Waals surface area (Å²) in [6, 6.07) is 10.9. The molecule has 18 nitrogen and oxygen atoms in total. The van der Waals surface area contributed by atoms with Crippen LogP contribution in [0.3, 0.4) is 0 Å². The predicted octanol–water partition coefficient (Wildman–Crippen LogP) is 5.98. The van der Waals surface area contributed by atoms with Crippen LogP contribution in [0.1, 0.15) is 23.2 Å². The zero-order valence-corrected chi connectivity index (χ0v) is 33.4. The Balaban J connectivity index is 0.000000244. The van der Waals surface area contributed by atoms with Gasteiger partial charge in [0, 0.05) is 35.1 Å². The van der Waals surface area contributed by atoms with Gasteiger partial charge in [-0.3, -0.25) is 39.1 Å². The standard InChI is InChI=1S/C14H9Cl2NO5.C14H13ClFN3O3S2.C3H8NO5P/c1-21-14(18)10-7-9(3-4-12(10)17(19)20)22-13-5-2-8(15)6-11(13)16;15-8-5-9(16)10(6-11(8)23-7-12(20)21)17-13-18-3-1-2-4-19(18)14(22)24-13;5-3(6)1-4-2-10(7,8)9/h2-7H,1H3;5-6H,1-4,7H2,(H,20,21);4H,1-2H2,(H,5,6)(H2,7,8,9). The number of carbonyl (C=O) groups excluding carboxylic acids is 1. The number of aliphatic carboxylic acids is 2. The lowest BCUT2D eigenvalue weighted by atomic mass is 10.1. The smallest absolute Gasteiger partial charge is 0.345 e. The van der Waals surface area contributed by atoms with Crippen LogP contribution in [0.25, 0.3) is 0 Å². The molecule has 0 saturated heterocycles. The van der Waals surface area contributed by atoms with Gasteiger partial charge in [-0.25, -0.2) is 18.9 Å². The number of rotatable bonds is 12. The van der Waals surface area contributed by atoms with Gasteiger partial charge >= 0.3 is 30.4 Å². The van der Waals surface area contributed by atoms with Gasteiger partial charge in [-0.05, 0) is 60.6 Å². The van der Waals surface area contributed by atoms with Gasteiger partial charge in [0.2, 0.25) is 4.80 Å². The number of methoxy groups -OCH3 is 1. The van der Waals surface area contributed by atoms with E-state index < -0.39 is 49.1 Å². The summed E-state index contributed by atoms with van der Waals surface area (Å²) in [6.45, 7) is 0.853. The van der Waals surface area contributed by atoms with Crippen LogP contribution < -0.4 is 19.7 Å². The Morgan fingerprint density at radius 3 is 2.30 bits per heavy atom. The van der Waals surface area contributed by atoms with Crippen molar-refractivity contribution in [2.75, 3.05) is 25.7 Å². The SMILES string of the molecule is COC(=O)c1cc(Oc2ccc(Cl)cc2Cl)ccc1[N+](=O)[O-].O=C(O)CNCP(=O)(O)O.O=C(O)CSc1cc(N=c2sc(=O)n3n2CCCC3)c(F)cc1Cl.